The van der Waals surface area contributed by atoms with Crippen molar-refractivity contribution in [2.24, 2.45) is 0 Å². The molecule has 5 aromatic heterocycles. The van der Waals surface area contributed by atoms with E-state index in [0.717, 1.165) is 112 Å². The van der Waals surface area contributed by atoms with Crippen molar-refractivity contribution < 1.29 is 23.4 Å². The Hall–Kier alpha value is -9.35. The summed E-state index contributed by atoms with van der Waals surface area (Å²) in [6, 6.07) is 39.8. The SMILES string of the molecule is Cc1cc(C)c(-c2cnn(-c3cnc4c(c3)B3c5cc(-c6coc(-c7ccc8c(c7)B7c9cc(-n%10cc(-c%11c(C)cc(C)cc%11C)cn%10)cnc9Oc9cccc(c97)O8)c6)ccc5Oc5cccc(c53)O4)c2)c(C)c1. The fourth-order valence-electron chi connectivity index (χ4n) is 12.3. The van der Waals surface area contributed by atoms with Crippen LogP contribution in [0.1, 0.15) is 33.4 Å². The van der Waals surface area contributed by atoms with E-state index in [9.17, 15) is 0 Å². The summed E-state index contributed by atoms with van der Waals surface area (Å²) >= 11 is 0. The Morgan fingerprint density at radius 1 is 0.400 bits per heavy atom. The number of hydrogen-bond acceptors (Lipinski definition) is 9. The standard InChI is InChI=1S/C62H44B2N6O5/c1-33-17-35(3)57(36(4)18-33)42-26-67-69(30-42)44-24-48-61(65-28-44)74-54-11-7-9-52-59(54)63(48)46-21-39(13-15-50(46)72-52)41-23-56(71-32-41)40-14-16-51-47(22-40)64-49-25-45(29-66-62(49)75-55-12-8-10-53(73-51)60(55)64)70-31-43(27-68-70)58-37(5)19-34(2)20-38(58)6/h7-32H,1-6H3. The highest BCUT2D eigenvalue weighted by Gasteiger charge is 2.43. The van der Waals surface area contributed by atoms with Crippen LogP contribution in [0.4, 0.5) is 0 Å². The van der Waals surface area contributed by atoms with Crippen molar-refractivity contribution in [2.45, 2.75) is 41.5 Å². The molecule has 0 unspecified atom stereocenters. The zero-order chi connectivity index (χ0) is 50.4. The van der Waals surface area contributed by atoms with Crippen LogP contribution in [-0.4, -0.2) is 43.0 Å². The van der Waals surface area contributed by atoms with Gasteiger partial charge in [0.05, 0.1) is 42.4 Å². The van der Waals surface area contributed by atoms with Crippen LogP contribution in [0, 0.1) is 41.5 Å². The van der Waals surface area contributed by atoms with E-state index in [1.54, 1.807) is 0 Å². The molecule has 0 fully saturated rings. The van der Waals surface area contributed by atoms with Gasteiger partial charge in [-0.1, -0.05) is 65.7 Å². The number of rotatable bonds is 6. The molecule has 6 aromatic carbocycles. The molecule has 75 heavy (non-hydrogen) atoms. The topological polar surface area (TPSA) is 111 Å². The van der Waals surface area contributed by atoms with Crippen LogP contribution >= 0.6 is 0 Å². The number of fused-ring (bicyclic) bond motifs is 8. The van der Waals surface area contributed by atoms with Gasteiger partial charge in [0.1, 0.15) is 40.3 Å². The molecule has 0 saturated heterocycles. The maximum absolute atomic E-state index is 6.63. The minimum Gasteiger partial charge on any atom is -0.464 e. The summed E-state index contributed by atoms with van der Waals surface area (Å²) in [6.07, 6.45) is 13.5. The number of aromatic nitrogens is 6. The quantitative estimate of drug-likeness (QED) is 0.150. The molecule has 0 saturated carbocycles. The first-order valence-corrected chi connectivity index (χ1v) is 25.2. The molecule has 0 radical (unpaired) electrons. The number of aryl methyl sites for hydroxylation is 6. The van der Waals surface area contributed by atoms with E-state index < -0.39 is 0 Å². The van der Waals surface area contributed by atoms with E-state index in [0.29, 0.717) is 11.8 Å². The second-order valence-electron chi connectivity index (χ2n) is 20.4. The average Bonchev–Trinajstić information content (AvgIpc) is 4.22. The van der Waals surface area contributed by atoms with Crippen molar-refractivity contribution in [3.8, 4) is 102 Å². The first-order chi connectivity index (χ1) is 36.6. The van der Waals surface area contributed by atoms with Crippen LogP contribution in [0.5, 0.6) is 46.3 Å². The van der Waals surface area contributed by atoms with E-state index in [-0.39, 0.29) is 13.4 Å². The number of benzene rings is 6. The number of ether oxygens (including phenoxy) is 4. The Morgan fingerprint density at radius 2 is 0.853 bits per heavy atom. The Labute approximate surface area is 433 Å². The van der Waals surface area contributed by atoms with Crippen molar-refractivity contribution >= 4 is 46.2 Å². The molecule has 9 heterocycles. The third kappa shape index (κ3) is 6.77. The van der Waals surface area contributed by atoms with Gasteiger partial charge in [0.15, 0.2) is 0 Å². The molecule has 0 atom stereocenters. The molecule has 11 aromatic rings. The monoisotopic (exact) mass is 974 g/mol. The summed E-state index contributed by atoms with van der Waals surface area (Å²) < 4.78 is 36.6. The lowest BCUT2D eigenvalue weighted by atomic mass is 9.35. The van der Waals surface area contributed by atoms with Crippen molar-refractivity contribution in [3.63, 3.8) is 0 Å². The van der Waals surface area contributed by atoms with Crippen LogP contribution < -0.4 is 51.7 Å². The van der Waals surface area contributed by atoms with Crippen molar-refractivity contribution in [1.82, 2.24) is 29.5 Å². The summed E-state index contributed by atoms with van der Waals surface area (Å²) in [5.74, 6) is 6.32. The van der Waals surface area contributed by atoms with Crippen LogP contribution in [-0.2, 0) is 0 Å². The summed E-state index contributed by atoms with van der Waals surface area (Å²) in [4.78, 5) is 9.83. The smallest absolute Gasteiger partial charge is 0.262 e. The molecule has 0 spiro atoms. The highest BCUT2D eigenvalue weighted by Crippen LogP contribution is 2.39. The second kappa shape index (κ2) is 16.1. The lowest BCUT2D eigenvalue weighted by molar-refractivity contribution is 0.452. The molecule has 0 N–H and O–H groups in total. The molecule has 358 valence electrons. The largest absolute Gasteiger partial charge is 0.464 e. The second-order valence-corrected chi connectivity index (χ2v) is 20.4. The van der Waals surface area contributed by atoms with Crippen LogP contribution in [0.2, 0.25) is 0 Å². The van der Waals surface area contributed by atoms with Crippen molar-refractivity contribution in [2.75, 3.05) is 0 Å². The van der Waals surface area contributed by atoms with E-state index in [2.05, 4.69) is 127 Å². The fraction of sp³-hybridized carbons (Fsp3) is 0.0968. The third-order valence-corrected chi connectivity index (χ3v) is 15.3. The molecule has 4 aliphatic rings. The van der Waals surface area contributed by atoms with Gasteiger partial charge in [0.25, 0.3) is 13.4 Å². The predicted molar refractivity (Wildman–Crippen MR) is 294 cm³/mol. The van der Waals surface area contributed by atoms with E-state index in [1.165, 1.54) is 44.5 Å². The van der Waals surface area contributed by atoms with E-state index >= 15 is 0 Å². The molecular formula is C62H44B2N6O5. The summed E-state index contributed by atoms with van der Waals surface area (Å²) in [6.45, 7) is 12.4. The highest BCUT2D eigenvalue weighted by atomic mass is 16.5. The molecule has 13 heteroatoms. The highest BCUT2D eigenvalue weighted by molar-refractivity contribution is 6.99. The molecule has 0 bridgehead atoms. The predicted octanol–water partition coefficient (Wildman–Crippen LogP) is 10.4. The first kappa shape index (κ1) is 43.3. The Bertz CT molecular complexity index is 3920. The van der Waals surface area contributed by atoms with Gasteiger partial charge in [-0.05, 0) is 163 Å². The lowest BCUT2D eigenvalue weighted by Gasteiger charge is -2.32. The summed E-state index contributed by atoms with van der Waals surface area (Å²) in [5, 5.41) is 9.68. The normalized spacial score (nSPS) is 13.0. The van der Waals surface area contributed by atoms with Crippen molar-refractivity contribution in [3.05, 3.63) is 192 Å². The van der Waals surface area contributed by atoms with Crippen molar-refractivity contribution in [1.29, 1.82) is 0 Å². The molecular weight excluding hydrogens is 930 g/mol. The summed E-state index contributed by atoms with van der Waals surface area (Å²) in [7, 11) is 0. The van der Waals surface area contributed by atoms with E-state index in [4.69, 9.17) is 43.5 Å². The Morgan fingerprint density at radius 3 is 1.35 bits per heavy atom. The molecule has 11 nitrogen and oxygen atoms in total. The van der Waals surface area contributed by atoms with Gasteiger partial charge in [0, 0.05) is 45.6 Å². The number of hydrogen-bond donors (Lipinski definition) is 0. The molecule has 15 rings (SSSR count). The van der Waals surface area contributed by atoms with Crippen LogP contribution in [0.25, 0.3) is 56.1 Å². The summed E-state index contributed by atoms with van der Waals surface area (Å²) in [5.41, 5.74) is 22.1. The van der Waals surface area contributed by atoms with Gasteiger partial charge in [-0.25, -0.2) is 19.3 Å². The van der Waals surface area contributed by atoms with Gasteiger partial charge >= 0.3 is 0 Å². The molecule has 0 aliphatic carbocycles. The molecule has 4 aliphatic heterocycles. The lowest BCUT2D eigenvalue weighted by Crippen LogP contribution is -2.57. The fourth-order valence-corrected chi connectivity index (χ4v) is 12.3. The zero-order valence-electron chi connectivity index (χ0n) is 41.9. The average molecular weight is 975 g/mol. The zero-order valence-corrected chi connectivity index (χ0v) is 41.9. The van der Waals surface area contributed by atoms with Gasteiger partial charge in [-0.3, -0.25) is 0 Å². The van der Waals surface area contributed by atoms with Gasteiger partial charge in [-0.15, -0.1) is 0 Å². The number of nitrogens with zero attached hydrogens (tertiary/aromatic N) is 6. The molecule has 0 amide bonds. The first-order valence-electron chi connectivity index (χ1n) is 25.2. The van der Waals surface area contributed by atoms with Crippen LogP contribution in [0.3, 0.4) is 0 Å². The maximum Gasteiger partial charge on any atom is 0.262 e. The minimum absolute atomic E-state index is 0.221. The number of furan rings is 1. The van der Waals surface area contributed by atoms with E-state index in [1.807, 2.05) is 82.9 Å². The van der Waals surface area contributed by atoms with Gasteiger partial charge < -0.3 is 23.4 Å². The Balaban J connectivity index is 0.778. The Kier molecular flexibility index (Phi) is 9.27. The minimum atomic E-state index is -0.232. The maximum atomic E-state index is 6.63. The van der Waals surface area contributed by atoms with Gasteiger partial charge in [-0.2, -0.15) is 10.2 Å². The number of pyridine rings is 2. The van der Waals surface area contributed by atoms with Gasteiger partial charge in [0.2, 0.25) is 11.8 Å². The van der Waals surface area contributed by atoms with Crippen LogP contribution in [0.15, 0.2) is 163 Å². The third-order valence-electron chi connectivity index (χ3n) is 15.3.